The first kappa shape index (κ1) is 18.8. The largest absolute Gasteiger partial charge is 0.338 e. The van der Waals surface area contributed by atoms with Crippen LogP contribution in [-0.4, -0.2) is 48.3 Å². The number of urea groups is 1. The second kappa shape index (κ2) is 8.84. The van der Waals surface area contributed by atoms with Crippen molar-refractivity contribution in [2.45, 2.75) is 32.7 Å². The highest BCUT2D eigenvalue weighted by Gasteiger charge is 2.18. The molecule has 0 saturated heterocycles. The molecule has 3 N–H and O–H groups in total. The summed E-state index contributed by atoms with van der Waals surface area (Å²) in [6.45, 7) is 3.96. The van der Waals surface area contributed by atoms with Crippen LogP contribution in [0.25, 0.3) is 0 Å². The van der Waals surface area contributed by atoms with Gasteiger partial charge in [-0.2, -0.15) is 0 Å². The highest BCUT2D eigenvalue weighted by atomic mass is 31.2. The van der Waals surface area contributed by atoms with Crippen LogP contribution >= 0.6 is 7.60 Å². The molecular formula is C11H21N2O6P. The fourth-order valence-electron chi connectivity index (χ4n) is 1.30. The first-order chi connectivity index (χ1) is 9.11. The number of carbonyl (C=O) groups is 3. The van der Waals surface area contributed by atoms with Gasteiger partial charge in [0, 0.05) is 19.6 Å². The monoisotopic (exact) mass is 308 g/mol. The number of carbonyl (C=O) groups excluding carboxylic acids is 3. The van der Waals surface area contributed by atoms with Crippen molar-refractivity contribution in [1.29, 1.82) is 0 Å². The van der Waals surface area contributed by atoms with E-state index in [2.05, 4.69) is 15.2 Å². The quantitative estimate of drug-likeness (QED) is 0.420. The molecule has 2 unspecified atom stereocenters. The lowest BCUT2D eigenvalue weighted by Gasteiger charge is -2.15. The van der Waals surface area contributed by atoms with Gasteiger partial charge in [0.25, 0.3) is 0 Å². The number of ketones is 2. The van der Waals surface area contributed by atoms with Crippen molar-refractivity contribution in [1.82, 2.24) is 10.6 Å². The van der Waals surface area contributed by atoms with Crippen molar-refractivity contribution >= 4 is 25.2 Å². The van der Waals surface area contributed by atoms with Crippen LogP contribution in [0.3, 0.4) is 0 Å². The third-order valence-corrected chi connectivity index (χ3v) is 2.89. The topological polar surface area (TPSA) is 122 Å². The van der Waals surface area contributed by atoms with Gasteiger partial charge < -0.3 is 20.1 Å². The lowest BCUT2D eigenvalue weighted by molar-refractivity contribution is -0.123. The number of amides is 2. The molecule has 0 aromatic rings. The van der Waals surface area contributed by atoms with E-state index in [1.54, 1.807) is 0 Å². The Kier molecular flexibility index (Phi) is 8.29. The molecule has 0 aliphatic heterocycles. The van der Waals surface area contributed by atoms with Crippen molar-refractivity contribution in [3.05, 3.63) is 0 Å². The molecular weight excluding hydrogens is 287 g/mol. The number of Topliss-reactive ketones (excluding diaryl/α,β-unsaturated/α-hetero) is 2. The standard InChI is InChI=1S/C11H21N2O6P/c1-8(14)7-10(9(2)15)13-11(16)12-5-4-6-19-20(3,17)18/h10H,4-7H2,1-3H3,(H,17,18)(H2,12,13,16). The summed E-state index contributed by atoms with van der Waals surface area (Å²) < 4.78 is 15.4. The molecule has 20 heavy (non-hydrogen) atoms. The average molecular weight is 308 g/mol. The summed E-state index contributed by atoms with van der Waals surface area (Å²) in [7, 11) is -3.49. The normalized spacial score (nSPS) is 15.0. The maximum Gasteiger partial charge on any atom is 0.325 e. The maximum absolute atomic E-state index is 11.5. The first-order valence-corrected chi connectivity index (χ1v) is 8.13. The first-order valence-electron chi connectivity index (χ1n) is 6.11. The Morgan fingerprint density at radius 1 is 1.30 bits per heavy atom. The van der Waals surface area contributed by atoms with Crippen LogP contribution in [0, 0.1) is 0 Å². The Labute approximate surface area is 117 Å². The Bertz CT molecular complexity index is 406. The van der Waals surface area contributed by atoms with E-state index in [0.29, 0.717) is 6.42 Å². The van der Waals surface area contributed by atoms with Gasteiger partial charge in [-0.05, 0) is 20.3 Å². The van der Waals surface area contributed by atoms with E-state index in [4.69, 9.17) is 4.89 Å². The zero-order valence-electron chi connectivity index (χ0n) is 11.8. The molecule has 0 spiro atoms. The van der Waals surface area contributed by atoms with Gasteiger partial charge in [-0.1, -0.05) is 0 Å². The zero-order chi connectivity index (χ0) is 15.8. The van der Waals surface area contributed by atoms with Crippen molar-refractivity contribution in [3.8, 4) is 0 Å². The third-order valence-electron chi connectivity index (χ3n) is 2.23. The van der Waals surface area contributed by atoms with Crippen LogP contribution in [0.2, 0.25) is 0 Å². The summed E-state index contributed by atoms with van der Waals surface area (Å²) in [4.78, 5) is 42.5. The van der Waals surface area contributed by atoms with Crippen LogP contribution in [0.4, 0.5) is 4.79 Å². The van der Waals surface area contributed by atoms with E-state index in [0.717, 1.165) is 6.66 Å². The van der Waals surface area contributed by atoms with Gasteiger partial charge in [-0.25, -0.2) is 4.79 Å². The highest BCUT2D eigenvalue weighted by Crippen LogP contribution is 2.36. The number of nitrogens with one attached hydrogen (secondary N) is 2. The molecule has 0 rings (SSSR count). The Morgan fingerprint density at radius 3 is 2.35 bits per heavy atom. The van der Waals surface area contributed by atoms with Crippen LogP contribution < -0.4 is 10.6 Å². The highest BCUT2D eigenvalue weighted by molar-refractivity contribution is 7.51. The van der Waals surface area contributed by atoms with Crippen molar-refractivity contribution in [2.24, 2.45) is 0 Å². The van der Waals surface area contributed by atoms with Crippen molar-refractivity contribution in [2.75, 3.05) is 19.8 Å². The van der Waals surface area contributed by atoms with Crippen molar-refractivity contribution < 1.29 is 28.4 Å². The van der Waals surface area contributed by atoms with Gasteiger partial charge in [0.15, 0.2) is 5.78 Å². The van der Waals surface area contributed by atoms with E-state index >= 15 is 0 Å². The molecule has 8 nitrogen and oxygen atoms in total. The number of hydrogen-bond donors (Lipinski definition) is 3. The zero-order valence-corrected chi connectivity index (χ0v) is 12.7. The lowest BCUT2D eigenvalue weighted by atomic mass is 10.1. The molecule has 0 heterocycles. The smallest absolute Gasteiger partial charge is 0.325 e. The van der Waals surface area contributed by atoms with Gasteiger partial charge in [0.2, 0.25) is 0 Å². The molecule has 0 saturated carbocycles. The molecule has 9 heteroatoms. The summed E-state index contributed by atoms with van der Waals surface area (Å²) in [5.41, 5.74) is 0. The minimum absolute atomic E-state index is 0.0359. The summed E-state index contributed by atoms with van der Waals surface area (Å²) in [5, 5.41) is 4.85. The average Bonchev–Trinajstić information content (AvgIpc) is 2.25. The number of hydrogen-bond acceptors (Lipinski definition) is 5. The van der Waals surface area contributed by atoms with Gasteiger partial charge in [-0.3, -0.25) is 14.2 Å². The second-order valence-corrected chi connectivity index (χ2v) is 6.32. The summed E-state index contributed by atoms with van der Waals surface area (Å²) >= 11 is 0. The van der Waals surface area contributed by atoms with E-state index in [9.17, 15) is 18.9 Å². The van der Waals surface area contributed by atoms with Gasteiger partial charge in [-0.15, -0.1) is 0 Å². The molecule has 0 bridgehead atoms. The van der Waals surface area contributed by atoms with Crippen LogP contribution in [-0.2, 0) is 18.7 Å². The molecule has 2 amide bonds. The molecule has 2 atom stereocenters. The summed E-state index contributed by atoms with van der Waals surface area (Å²) in [6.07, 6.45) is 0.304. The van der Waals surface area contributed by atoms with E-state index in [1.807, 2.05) is 0 Å². The predicted octanol–water partition coefficient (Wildman–Crippen LogP) is 0.444. The Balaban J connectivity index is 3.94. The molecule has 116 valence electrons. The summed E-state index contributed by atoms with van der Waals surface area (Å²) in [6, 6.07) is -1.41. The number of rotatable bonds is 9. The maximum atomic E-state index is 11.5. The minimum atomic E-state index is -3.49. The molecule has 0 fully saturated rings. The van der Waals surface area contributed by atoms with Gasteiger partial charge in [0.05, 0.1) is 12.6 Å². The van der Waals surface area contributed by atoms with Gasteiger partial charge in [0.1, 0.15) is 5.78 Å². The fraction of sp³-hybridized carbons (Fsp3) is 0.727. The lowest BCUT2D eigenvalue weighted by Crippen LogP contribution is -2.46. The molecule has 0 aliphatic rings. The molecule has 0 radical (unpaired) electrons. The minimum Gasteiger partial charge on any atom is -0.338 e. The second-order valence-electron chi connectivity index (χ2n) is 4.46. The molecule has 0 aromatic heterocycles. The van der Waals surface area contributed by atoms with E-state index in [-0.39, 0.29) is 31.1 Å². The Hall–Kier alpha value is -1.24. The van der Waals surface area contributed by atoms with Gasteiger partial charge >= 0.3 is 13.6 Å². The van der Waals surface area contributed by atoms with E-state index < -0.39 is 19.7 Å². The third kappa shape index (κ3) is 10.7. The molecule has 0 aliphatic carbocycles. The SMILES string of the molecule is CC(=O)CC(NC(=O)NCCCOP(C)(=O)O)C(C)=O. The fourth-order valence-corrected chi connectivity index (χ4v) is 1.77. The summed E-state index contributed by atoms with van der Waals surface area (Å²) in [5.74, 6) is -0.494. The Morgan fingerprint density at radius 2 is 1.90 bits per heavy atom. The van der Waals surface area contributed by atoms with Crippen LogP contribution in [0.15, 0.2) is 0 Å². The van der Waals surface area contributed by atoms with Crippen LogP contribution in [0.5, 0.6) is 0 Å². The van der Waals surface area contributed by atoms with Crippen LogP contribution in [0.1, 0.15) is 26.7 Å². The predicted molar refractivity (Wildman–Crippen MR) is 72.6 cm³/mol. The van der Waals surface area contributed by atoms with E-state index in [1.165, 1.54) is 13.8 Å². The molecule has 0 aromatic carbocycles. The van der Waals surface area contributed by atoms with Crippen molar-refractivity contribution in [3.63, 3.8) is 0 Å².